The summed E-state index contributed by atoms with van der Waals surface area (Å²) in [4.78, 5) is 17.5. The van der Waals surface area contributed by atoms with E-state index >= 15 is 0 Å². The molecule has 160 valence electrons. The zero-order valence-corrected chi connectivity index (χ0v) is 18.1. The van der Waals surface area contributed by atoms with E-state index in [4.69, 9.17) is 4.74 Å². The number of benzene rings is 3. The van der Waals surface area contributed by atoms with Gasteiger partial charge in [-0.05, 0) is 35.7 Å². The standard InChI is InChI=1S/C27H30N2O2/c1-2-20-31-25-15-9-14-24(21-25)27(30)29-18-16-28(17-19-29)26(22-10-5-3-6-11-22)23-12-7-4-8-13-23/h3-15,21,26H,2,16-20H2,1H3. The minimum absolute atomic E-state index is 0.0811. The smallest absolute Gasteiger partial charge is 0.254 e. The molecule has 31 heavy (non-hydrogen) atoms. The average Bonchev–Trinajstić information content (AvgIpc) is 2.84. The van der Waals surface area contributed by atoms with E-state index in [9.17, 15) is 4.79 Å². The van der Waals surface area contributed by atoms with Crippen molar-refractivity contribution in [1.82, 2.24) is 9.80 Å². The second-order valence-electron chi connectivity index (χ2n) is 7.93. The molecule has 0 bridgehead atoms. The minimum atomic E-state index is 0.0811. The molecule has 0 aliphatic carbocycles. The third-order valence-corrected chi connectivity index (χ3v) is 5.75. The summed E-state index contributed by atoms with van der Waals surface area (Å²) in [5, 5.41) is 0. The summed E-state index contributed by atoms with van der Waals surface area (Å²) in [6.07, 6.45) is 0.949. The fraction of sp³-hybridized carbons (Fsp3) is 0.296. The lowest BCUT2D eigenvalue weighted by Gasteiger charge is -2.39. The molecule has 4 rings (SSSR count). The van der Waals surface area contributed by atoms with Crippen LogP contribution < -0.4 is 4.74 Å². The fourth-order valence-electron chi connectivity index (χ4n) is 4.19. The van der Waals surface area contributed by atoms with E-state index in [1.807, 2.05) is 29.2 Å². The van der Waals surface area contributed by atoms with Crippen LogP contribution in [0, 0.1) is 0 Å². The highest BCUT2D eigenvalue weighted by Gasteiger charge is 2.28. The highest BCUT2D eigenvalue weighted by atomic mass is 16.5. The summed E-state index contributed by atoms with van der Waals surface area (Å²) in [5.41, 5.74) is 3.27. The topological polar surface area (TPSA) is 32.8 Å². The number of amides is 1. The number of rotatable bonds is 7. The molecule has 3 aromatic carbocycles. The molecule has 1 aliphatic heterocycles. The van der Waals surface area contributed by atoms with Crippen LogP contribution in [0.1, 0.15) is 40.9 Å². The van der Waals surface area contributed by atoms with Crippen LogP contribution in [0.2, 0.25) is 0 Å². The van der Waals surface area contributed by atoms with Gasteiger partial charge in [0.25, 0.3) is 5.91 Å². The molecule has 3 aromatic rings. The Morgan fingerprint density at radius 1 is 0.839 bits per heavy atom. The molecule has 0 aromatic heterocycles. The van der Waals surface area contributed by atoms with Gasteiger partial charge in [-0.25, -0.2) is 0 Å². The highest BCUT2D eigenvalue weighted by Crippen LogP contribution is 2.29. The van der Waals surface area contributed by atoms with Crippen molar-refractivity contribution in [3.05, 3.63) is 102 Å². The van der Waals surface area contributed by atoms with Gasteiger partial charge in [0, 0.05) is 31.7 Å². The zero-order valence-electron chi connectivity index (χ0n) is 18.1. The van der Waals surface area contributed by atoms with Crippen molar-refractivity contribution < 1.29 is 9.53 Å². The molecule has 1 fully saturated rings. The molecule has 4 heteroatoms. The molecule has 1 amide bonds. The third-order valence-electron chi connectivity index (χ3n) is 5.75. The van der Waals surface area contributed by atoms with Crippen molar-refractivity contribution in [2.24, 2.45) is 0 Å². The number of hydrogen-bond donors (Lipinski definition) is 0. The van der Waals surface area contributed by atoms with Crippen LogP contribution >= 0.6 is 0 Å². The number of hydrogen-bond acceptors (Lipinski definition) is 3. The van der Waals surface area contributed by atoms with Gasteiger partial charge in [-0.2, -0.15) is 0 Å². The Morgan fingerprint density at radius 2 is 1.45 bits per heavy atom. The maximum absolute atomic E-state index is 13.1. The van der Waals surface area contributed by atoms with Crippen molar-refractivity contribution in [1.29, 1.82) is 0 Å². The van der Waals surface area contributed by atoms with Crippen LogP contribution in [0.4, 0.5) is 0 Å². The largest absolute Gasteiger partial charge is 0.494 e. The van der Waals surface area contributed by atoms with Crippen LogP contribution in [0.15, 0.2) is 84.9 Å². The van der Waals surface area contributed by atoms with E-state index in [0.29, 0.717) is 12.2 Å². The van der Waals surface area contributed by atoms with Gasteiger partial charge in [0.15, 0.2) is 0 Å². The molecule has 0 unspecified atom stereocenters. The lowest BCUT2D eigenvalue weighted by molar-refractivity contribution is 0.0597. The van der Waals surface area contributed by atoms with Crippen LogP contribution in [0.5, 0.6) is 5.75 Å². The first-order valence-electron chi connectivity index (χ1n) is 11.1. The second-order valence-corrected chi connectivity index (χ2v) is 7.93. The van der Waals surface area contributed by atoms with Crippen LogP contribution in [-0.4, -0.2) is 48.5 Å². The number of carbonyl (C=O) groups excluding carboxylic acids is 1. The Morgan fingerprint density at radius 3 is 2.03 bits per heavy atom. The number of piperazine rings is 1. The quantitative estimate of drug-likeness (QED) is 0.544. The zero-order chi connectivity index (χ0) is 21.5. The average molecular weight is 415 g/mol. The van der Waals surface area contributed by atoms with Crippen molar-refractivity contribution >= 4 is 5.91 Å². The molecule has 1 aliphatic rings. The first kappa shape index (κ1) is 21.1. The maximum Gasteiger partial charge on any atom is 0.254 e. The van der Waals surface area contributed by atoms with Gasteiger partial charge >= 0.3 is 0 Å². The molecule has 0 saturated carbocycles. The van der Waals surface area contributed by atoms with Crippen molar-refractivity contribution in [2.45, 2.75) is 19.4 Å². The predicted molar refractivity (Wildman–Crippen MR) is 124 cm³/mol. The van der Waals surface area contributed by atoms with Crippen molar-refractivity contribution in [3.8, 4) is 5.75 Å². The van der Waals surface area contributed by atoms with Gasteiger partial charge in [0.1, 0.15) is 5.75 Å². The second kappa shape index (κ2) is 10.3. The van der Waals surface area contributed by atoms with Gasteiger partial charge in [-0.3, -0.25) is 9.69 Å². The lowest BCUT2D eigenvalue weighted by Crippen LogP contribution is -2.49. The molecule has 1 saturated heterocycles. The van der Waals surface area contributed by atoms with Crippen LogP contribution in [0.3, 0.4) is 0 Å². The summed E-state index contributed by atoms with van der Waals surface area (Å²) < 4.78 is 5.70. The summed E-state index contributed by atoms with van der Waals surface area (Å²) >= 11 is 0. The molecule has 1 heterocycles. The Kier molecular flexibility index (Phi) is 7.00. The summed E-state index contributed by atoms with van der Waals surface area (Å²) in [6.45, 7) is 5.85. The Bertz CT molecular complexity index is 927. The van der Waals surface area contributed by atoms with Gasteiger partial charge in [-0.15, -0.1) is 0 Å². The maximum atomic E-state index is 13.1. The molecule has 0 atom stereocenters. The number of ether oxygens (including phenoxy) is 1. The Hall–Kier alpha value is -3.11. The number of carbonyl (C=O) groups is 1. The first-order chi connectivity index (χ1) is 15.3. The van der Waals surface area contributed by atoms with E-state index < -0.39 is 0 Å². The predicted octanol–water partition coefficient (Wildman–Crippen LogP) is 5.02. The summed E-state index contributed by atoms with van der Waals surface area (Å²) in [5.74, 6) is 0.845. The fourth-order valence-corrected chi connectivity index (χ4v) is 4.19. The first-order valence-corrected chi connectivity index (χ1v) is 11.1. The highest BCUT2D eigenvalue weighted by molar-refractivity contribution is 5.94. The SMILES string of the molecule is CCCOc1cccc(C(=O)N2CCN(C(c3ccccc3)c3ccccc3)CC2)c1. The van der Waals surface area contributed by atoms with Crippen molar-refractivity contribution in [3.63, 3.8) is 0 Å². The number of nitrogens with zero attached hydrogens (tertiary/aromatic N) is 2. The third kappa shape index (κ3) is 5.15. The molecule has 0 spiro atoms. The molecule has 0 radical (unpaired) electrons. The molecule has 4 nitrogen and oxygen atoms in total. The summed E-state index contributed by atoms with van der Waals surface area (Å²) in [6, 6.07) is 29.0. The monoisotopic (exact) mass is 414 g/mol. The minimum Gasteiger partial charge on any atom is -0.494 e. The normalized spacial score (nSPS) is 14.6. The molecular formula is C27H30N2O2. The Balaban J connectivity index is 1.46. The van der Waals surface area contributed by atoms with Crippen molar-refractivity contribution in [2.75, 3.05) is 32.8 Å². The van der Waals surface area contributed by atoms with Crippen LogP contribution in [-0.2, 0) is 0 Å². The summed E-state index contributed by atoms with van der Waals surface area (Å²) in [7, 11) is 0. The van der Waals surface area contributed by atoms with Gasteiger partial charge < -0.3 is 9.64 Å². The van der Waals surface area contributed by atoms with E-state index in [0.717, 1.165) is 38.3 Å². The van der Waals surface area contributed by atoms with E-state index in [1.165, 1.54) is 11.1 Å². The molecular weight excluding hydrogens is 384 g/mol. The van der Waals surface area contributed by atoms with E-state index in [2.05, 4.69) is 72.5 Å². The van der Waals surface area contributed by atoms with Gasteiger partial charge in [-0.1, -0.05) is 73.7 Å². The van der Waals surface area contributed by atoms with Gasteiger partial charge in [0.2, 0.25) is 0 Å². The molecule has 0 N–H and O–H groups in total. The van der Waals surface area contributed by atoms with Crippen LogP contribution in [0.25, 0.3) is 0 Å². The van der Waals surface area contributed by atoms with E-state index in [-0.39, 0.29) is 11.9 Å². The van der Waals surface area contributed by atoms with Gasteiger partial charge in [0.05, 0.1) is 12.6 Å². The van der Waals surface area contributed by atoms with E-state index in [1.54, 1.807) is 0 Å². The Labute approximate surface area is 185 Å². The lowest BCUT2D eigenvalue weighted by atomic mass is 9.96.